The lowest BCUT2D eigenvalue weighted by atomic mass is 9.80. The third-order valence-corrected chi connectivity index (χ3v) is 25.8. The number of aliphatic hydroxyl groups excluding tert-OH is 1. The number of benzene rings is 3. The summed E-state index contributed by atoms with van der Waals surface area (Å²) in [6.45, 7) is 30.8. The molecule has 1 aliphatic heterocycles. The van der Waals surface area contributed by atoms with Gasteiger partial charge in [-0.3, -0.25) is 52.6 Å². The lowest BCUT2D eigenvalue weighted by Gasteiger charge is -2.46. The SMILES string of the molecule is CCN(c1c(C)c(C(=O)CCC2=C(C)C=C(C)CC2=O)cc2c1cnn2C)C1CCC(C)(N)CC1.CCN(c1c(C)c(C(=O)CCC2=C(C)C=C(C)CC2=O)cc2c1cnn2C)C1CCC(N(C)CC(F)F)CC1.CCc1c(C(=O)NCC2=C(C)C=C(C)CC2=O)cc2c(cnn2C)c1N(CC)C1CCC(N2CC(O)C2)CC1. The van der Waals surface area contributed by atoms with Crippen molar-refractivity contribution in [1.82, 2.24) is 44.5 Å². The number of β-amino-alcohol motifs (C(OH)–C–C–N with tert-alkyl or cyclic N) is 1. The fourth-order valence-electron chi connectivity index (χ4n) is 19.5. The number of nitrogens with one attached hydrogen (secondary N) is 1. The lowest BCUT2D eigenvalue weighted by Crippen LogP contribution is -2.57. The first-order valence-corrected chi connectivity index (χ1v) is 41.7. The normalized spacial score (nSPS) is 22.0. The van der Waals surface area contributed by atoms with E-state index in [9.17, 15) is 42.7 Å². The van der Waals surface area contributed by atoms with Gasteiger partial charge in [-0.2, -0.15) is 15.3 Å². The number of fused-ring (bicyclic) bond motifs is 3. The number of alkyl halides is 2. The highest BCUT2D eigenvalue weighted by Gasteiger charge is 2.39. The molecule has 6 aromatic rings. The van der Waals surface area contributed by atoms with Gasteiger partial charge in [0, 0.05) is 167 Å². The van der Waals surface area contributed by atoms with E-state index < -0.39 is 6.43 Å². The van der Waals surface area contributed by atoms with Crippen molar-refractivity contribution in [3.05, 3.63) is 139 Å². The molecule has 0 spiro atoms. The van der Waals surface area contributed by atoms with Gasteiger partial charge in [-0.1, -0.05) is 41.9 Å². The average molecular weight is 1550 g/mol. The molecule has 610 valence electrons. The quantitative estimate of drug-likeness (QED) is 0.0452. The predicted octanol–water partition coefficient (Wildman–Crippen LogP) is 15.9. The van der Waals surface area contributed by atoms with Crippen LogP contribution in [0.4, 0.5) is 25.8 Å². The van der Waals surface area contributed by atoms with Crippen molar-refractivity contribution < 1.29 is 42.7 Å². The third kappa shape index (κ3) is 18.9. The van der Waals surface area contributed by atoms with E-state index in [-0.39, 0.29) is 78.1 Å². The maximum atomic E-state index is 13.7. The standard InChI is InChI=1S/C31H42F2N4O2.C31H43N5O3.C29H40N4O2/c1-7-37(23-10-8-22(9-11-23)35(5)18-30(32)33)31-21(4)25(16-27-26(31)17-34-36(27)6)28(38)13-12-24-20(3)14-19(2)15-29(24)39;1-6-24-25(31(39)32-15-26-20(4)12-19(3)13-29(26)38)14-28-27(16-33-34(28)5)30(24)36(7-2)22-10-8-21(9-11-22)35-17-23(37)18-35;1-7-33(21-10-12-29(5,30)13-11-21)28-20(4)23(16-25-24(28)17-31-32(25)6)26(34)9-8-22-19(3)14-18(2)15-27(22)35/h14,16-17,22-23,30H,7-13,15,18H2,1-6H3;12,14,16,21-23,37H,6-11,13,15,17-18H2,1-5H3,(H,32,39);14,16-17,21H,7-13,15,30H2,1-6H3. The van der Waals surface area contributed by atoms with E-state index in [1.54, 1.807) is 11.9 Å². The number of allylic oxidation sites excluding steroid dienone is 11. The highest BCUT2D eigenvalue weighted by atomic mass is 19.3. The number of halogens is 2. The maximum absolute atomic E-state index is 13.7. The van der Waals surface area contributed by atoms with E-state index in [4.69, 9.17) is 5.73 Å². The van der Waals surface area contributed by atoms with Gasteiger partial charge in [-0.15, -0.1) is 0 Å². The van der Waals surface area contributed by atoms with Crippen molar-refractivity contribution >= 4 is 84.6 Å². The highest BCUT2D eigenvalue weighted by Crippen LogP contribution is 2.44. The molecule has 4 fully saturated rings. The summed E-state index contributed by atoms with van der Waals surface area (Å²) in [5.41, 5.74) is 25.8. The Bertz CT molecular complexity index is 4800. The molecule has 0 unspecified atom stereocenters. The number of carbonyl (C=O) groups is 6. The zero-order chi connectivity index (χ0) is 81.8. The number of aryl methyl sites for hydroxylation is 3. The molecule has 3 aromatic heterocycles. The summed E-state index contributed by atoms with van der Waals surface area (Å²) in [4.78, 5) is 90.4. The van der Waals surface area contributed by atoms with Crippen LogP contribution in [-0.4, -0.2) is 180 Å². The van der Waals surface area contributed by atoms with Crippen LogP contribution < -0.4 is 25.8 Å². The fraction of sp³-hybridized carbons (Fsp3) is 0.571. The van der Waals surface area contributed by atoms with Crippen LogP contribution in [0.15, 0.2) is 105 Å². The van der Waals surface area contributed by atoms with Gasteiger partial charge < -0.3 is 30.9 Å². The molecule has 7 aliphatic rings. The summed E-state index contributed by atoms with van der Waals surface area (Å²) < 4.78 is 31.4. The van der Waals surface area contributed by atoms with Crippen LogP contribution in [-0.2, 0) is 41.9 Å². The summed E-state index contributed by atoms with van der Waals surface area (Å²) in [5.74, 6) is 0.325. The second-order valence-corrected chi connectivity index (χ2v) is 33.9. The molecule has 113 heavy (non-hydrogen) atoms. The van der Waals surface area contributed by atoms with Gasteiger partial charge in [0.1, 0.15) is 0 Å². The van der Waals surface area contributed by atoms with Crippen LogP contribution in [0, 0.1) is 13.8 Å². The Morgan fingerprint density at radius 1 is 0.558 bits per heavy atom. The molecule has 20 nitrogen and oxygen atoms in total. The molecular weight excluding hydrogens is 1430 g/mol. The van der Waals surface area contributed by atoms with Crippen LogP contribution in [0.25, 0.3) is 32.7 Å². The second-order valence-electron chi connectivity index (χ2n) is 33.9. The van der Waals surface area contributed by atoms with Crippen molar-refractivity contribution in [3.63, 3.8) is 0 Å². The van der Waals surface area contributed by atoms with Crippen LogP contribution in [0.3, 0.4) is 0 Å². The van der Waals surface area contributed by atoms with Crippen LogP contribution in [0.2, 0.25) is 0 Å². The van der Waals surface area contributed by atoms with Gasteiger partial charge in [0.25, 0.3) is 12.3 Å². The Hall–Kier alpha value is -8.57. The molecule has 4 heterocycles. The number of hydrogen-bond donors (Lipinski definition) is 3. The second kappa shape index (κ2) is 36.5. The summed E-state index contributed by atoms with van der Waals surface area (Å²) in [6, 6.07) is 7.68. The topological polar surface area (TPSA) is 230 Å². The van der Waals surface area contributed by atoms with Crippen LogP contribution in [0.5, 0.6) is 0 Å². The van der Waals surface area contributed by atoms with E-state index >= 15 is 0 Å². The number of anilines is 3. The number of ketones is 5. The van der Waals surface area contributed by atoms with Crippen LogP contribution >= 0.6 is 0 Å². The first kappa shape index (κ1) is 85.3. The Labute approximate surface area is 668 Å². The van der Waals surface area contributed by atoms with E-state index in [0.717, 1.165) is 233 Å². The van der Waals surface area contributed by atoms with E-state index in [1.807, 2.05) is 133 Å². The van der Waals surface area contributed by atoms with Crippen molar-refractivity contribution in [2.45, 2.75) is 267 Å². The lowest BCUT2D eigenvalue weighted by molar-refractivity contribution is -0.116. The maximum Gasteiger partial charge on any atom is 0.251 e. The Morgan fingerprint density at radius 3 is 1.32 bits per heavy atom. The summed E-state index contributed by atoms with van der Waals surface area (Å²) in [7, 11) is 7.53. The number of likely N-dealkylation sites (tertiary alicyclic amines) is 1. The first-order valence-electron chi connectivity index (χ1n) is 41.7. The molecule has 3 aromatic carbocycles. The largest absolute Gasteiger partial charge is 0.390 e. The van der Waals surface area contributed by atoms with Gasteiger partial charge in [0.15, 0.2) is 28.9 Å². The molecule has 22 heteroatoms. The summed E-state index contributed by atoms with van der Waals surface area (Å²) >= 11 is 0. The zero-order valence-electron chi connectivity index (χ0n) is 70.5. The molecule has 0 atom stereocenters. The average Bonchev–Trinajstić information content (AvgIpc) is 1.72. The Morgan fingerprint density at radius 2 is 0.929 bits per heavy atom. The smallest absolute Gasteiger partial charge is 0.251 e. The number of aromatic nitrogens is 6. The molecule has 13 rings (SSSR count). The van der Waals surface area contributed by atoms with E-state index in [0.29, 0.717) is 73.4 Å². The number of aliphatic hydroxyl groups is 1. The van der Waals surface area contributed by atoms with Crippen molar-refractivity contribution in [3.8, 4) is 0 Å². The molecule has 1 saturated heterocycles. The number of hydrogen-bond acceptors (Lipinski definition) is 16. The zero-order valence-corrected chi connectivity index (χ0v) is 70.5. The van der Waals surface area contributed by atoms with Gasteiger partial charge in [-0.25, -0.2) is 8.78 Å². The molecule has 4 N–H and O–H groups in total. The molecule has 0 bridgehead atoms. The van der Waals surface area contributed by atoms with Gasteiger partial charge in [0.05, 0.1) is 64.9 Å². The fourth-order valence-corrected chi connectivity index (χ4v) is 19.5. The van der Waals surface area contributed by atoms with Gasteiger partial charge in [-0.05, 0) is 249 Å². The number of nitrogens with two attached hydrogens (primary N) is 1. The van der Waals surface area contributed by atoms with Crippen molar-refractivity contribution in [2.75, 3.05) is 67.6 Å². The summed E-state index contributed by atoms with van der Waals surface area (Å²) in [6.07, 6.45) is 25.1. The van der Waals surface area contributed by atoms with Gasteiger partial charge in [0.2, 0.25) is 0 Å². The first-order chi connectivity index (χ1) is 53.7. The number of amides is 1. The molecule has 1 amide bonds. The van der Waals surface area contributed by atoms with Crippen LogP contribution in [0.1, 0.15) is 246 Å². The Kier molecular flexibility index (Phi) is 27.6. The predicted molar refractivity (Wildman–Crippen MR) is 451 cm³/mol. The number of Topliss-reactive ketones (excluding diaryl/α,β-unsaturated/α-hetero) is 5. The minimum Gasteiger partial charge on any atom is -0.390 e. The highest BCUT2D eigenvalue weighted by molar-refractivity contribution is 6.10. The number of nitrogens with zero attached hydrogens (tertiary/aromatic N) is 11. The number of rotatable bonds is 25. The summed E-state index contributed by atoms with van der Waals surface area (Å²) in [5, 5.41) is 29.6. The molecule has 0 radical (unpaired) electrons. The molecule has 3 saturated carbocycles. The van der Waals surface area contributed by atoms with Crippen molar-refractivity contribution in [2.24, 2.45) is 26.9 Å². The van der Waals surface area contributed by atoms with Gasteiger partial charge >= 0.3 is 0 Å². The van der Waals surface area contributed by atoms with Crippen molar-refractivity contribution in [1.29, 1.82) is 0 Å². The molecular formula is C91H125F2N13O7. The third-order valence-electron chi connectivity index (χ3n) is 25.8. The Balaban J connectivity index is 0.000000168. The minimum atomic E-state index is -2.32. The van der Waals surface area contributed by atoms with E-state index in [2.05, 4.69) is 87.8 Å². The monoisotopic (exact) mass is 1550 g/mol. The molecule has 6 aliphatic carbocycles. The number of carbonyl (C=O) groups excluding carboxylic acids is 6. The van der Waals surface area contributed by atoms with E-state index in [1.165, 1.54) is 0 Å². The minimum absolute atomic E-state index is 0.0320.